The van der Waals surface area contributed by atoms with Gasteiger partial charge >= 0.3 is 0 Å². The molecule has 1 aromatic carbocycles. The molecule has 0 bridgehead atoms. The fourth-order valence-electron chi connectivity index (χ4n) is 3.62. The van der Waals surface area contributed by atoms with Crippen LogP contribution in [0, 0.1) is 11.7 Å². The molecule has 3 rings (SSSR count). The van der Waals surface area contributed by atoms with Crippen molar-refractivity contribution in [1.82, 2.24) is 4.31 Å². The van der Waals surface area contributed by atoms with E-state index in [2.05, 4.69) is 0 Å². The third-order valence-corrected chi connectivity index (χ3v) is 6.94. The lowest BCUT2D eigenvalue weighted by Crippen LogP contribution is -2.39. The molecule has 1 saturated heterocycles. The maximum atomic E-state index is 14.0. The highest BCUT2D eigenvalue weighted by molar-refractivity contribution is 7.89. The molecule has 0 amide bonds. The van der Waals surface area contributed by atoms with Crippen molar-refractivity contribution in [2.75, 3.05) is 6.54 Å². The molecule has 0 aromatic heterocycles. The molecule has 2 atom stereocenters. The highest BCUT2D eigenvalue weighted by Crippen LogP contribution is 2.39. The number of fused-ring (bicyclic) bond motifs is 1. The fourth-order valence-corrected chi connectivity index (χ4v) is 5.63. The van der Waals surface area contributed by atoms with Gasteiger partial charge in [-0.3, -0.25) is 0 Å². The topological polar surface area (TPSA) is 37.4 Å². The largest absolute Gasteiger partial charge is 0.246 e. The van der Waals surface area contributed by atoms with Gasteiger partial charge in [0.05, 0.1) is 0 Å². The Bertz CT molecular complexity index is 635. The van der Waals surface area contributed by atoms with Gasteiger partial charge in [0.1, 0.15) is 10.7 Å². The van der Waals surface area contributed by atoms with Gasteiger partial charge < -0.3 is 0 Å². The van der Waals surface area contributed by atoms with Crippen LogP contribution < -0.4 is 0 Å². The van der Waals surface area contributed by atoms with Crippen LogP contribution in [0.15, 0.2) is 23.1 Å². The van der Waals surface area contributed by atoms with Crippen molar-refractivity contribution in [3.05, 3.63) is 29.6 Å². The molecule has 1 aliphatic heterocycles. The van der Waals surface area contributed by atoms with Gasteiger partial charge in [0.15, 0.2) is 0 Å². The van der Waals surface area contributed by atoms with Crippen LogP contribution in [-0.2, 0) is 15.9 Å². The molecule has 6 heteroatoms. The molecule has 2 unspecified atom stereocenters. The van der Waals surface area contributed by atoms with Gasteiger partial charge in [0, 0.05) is 18.5 Å². The van der Waals surface area contributed by atoms with E-state index in [1.807, 2.05) is 0 Å². The zero-order chi connectivity index (χ0) is 15.0. The van der Waals surface area contributed by atoms with E-state index in [-0.39, 0.29) is 16.8 Å². The first-order chi connectivity index (χ1) is 10.0. The Morgan fingerprint density at radius 3 is 2.76 bits per heavy atom. The van der Waals surface area contributed by atoms with Crippen LogP contribution in [0.1, 0.15) is 37.7 Å². The minimum atomic E-state index is -3.77. The minimum absolute atomic E-state index is 0.0443. The Hall–Kier alpha value is -0.650. The average molecular weight is 332 g/mol. The van der Waals surface area contributed by atoms with E-state index >= 15 is 0 Å². The first-order valence-electron chi connectivity index (χ1n) is 7.40. The number of halogens is 2. The van der Waals surface area contributed by atoms with Gasteiger partial charge in [-0.05, 0) is 42.9 Å². The third kappa shape index (κ3) is 2.71. The van der Waals surface area contributed by atoms with Crippen molar-refractivity contribution < 1.29 is 12.8 Å². The lowest BCUT2D eigenvalue weighted by atomic mass is 9.86. The molecule has 0 N–H and O–H groups in total. The normalized spacial score (nSPS) is 26.8. The fraction of sp³-hybridized carbons (Fsp3) is 0.600. The molecule has 3 nitrogen and oxygen atoms in total. The van der Waals surface area contributed by atoms with E-state index in [0.717, 1.165) is 25.7 Å². The standard InChI is InChI=1S/C15H19ClFNO2S/c16-10-11-5-6-13(17)15(9-11)21(19,20)18-8-7-12-3-1-2-4-14(12)18/h5-6,9,12,14H,1-4,7-8,10H2. The molecule has 1 aliphatic carbocycles. The van der Waals surface area contributed by atoms with Gasteiger partial charge in [-0.15, -0.1) is 11.6 Å². The second kappa shape index (κ2) is 5.86. The molecular weight excluding hydrogens is 313 g/mol. The second-order valence-corrected chi connectivity index (χ2v) is 8.04. The number of alkyl halides is 1. The van der Waals surface area contributed by atoms with Gasteiger partial charge in [-0.2, -0.15) is 4.31 Å². The number of hydrogen-bond donors (Lipinski definition) is 0. The highest BCUT2D eigenvalue weighted by Gasteiger charge is 2.43. The van der Waals surface area contributed by atoms with E-state index < -0.39 is 15.8 Å². The third-order valence-electron chi connectivity index (χ3n) is 4.70. The average Bonchev–Trinajstić information content (AvgIpc) is 2.92. The molecule has 2 fully saturated rings. The first-order valence-corrected chi connectivity index (χ1v) is 9.37. The predicted molar refractivity (Wildman–Crippen MR) is 80.2 cm³/mol. The predicted octanol–water partition coefficient (Wildman–Crippen LogP) is 3.52. The van der Waals surface area contributed by atoms with Gasteiger partial charge in [-0.1, -0.05) is 18.9 Å². The van der Waals surface area contributed by atoms with E-state index in [4.69, 9.17) is 11.6 Å². The van der Waals surface area contributed by atoms with E-state index in [9.17, 15) is 12.8 Å². The maximum absolute atomic E-state index is 14.0. The summed E-state index contributed by atoms with van der Waals surface area (Å²) < 4.78 is 41.2. The Morgan fingerprint density at radius 1 is 1.24 bits per heavy atom. The van der Waals surface area contributed by atoms with E-state index in [1.165, 1.54) is 28.9 Å². The van der Waals surface area contributed by atoms with Crippen LogP contribution in [0.5, 0.6) is 0 Å². The zero-order valence-electron chi connectivity index (χ0n) is 11.8. The van der Waals surface area contributed by atoms with Gasteiger partial charge in [0.2, 0.25) is 10.0 Å². The van der Waals surface area contributed by atoms with E-state index in [0.29, 0.717) is 18.0 Å². The SMILES string of the molecule is O=S(=O)(c1cc(CCl)ccc1F)N1CCC2CCCCC21. The van der Waals surface area contributed by atoms with Crippen molar-refractivity contribution in [3.8, 4) is 0 Å². The number of sulfonamides is 1. The summed E-state index contributed by atoms with van der Waals surface area (Å²) in [5.74, 6) is -0.0783. The molecule has 1 saturated carbocycles. The molecule has 0 radical (unpaired) electrons. The lowest BCUT2D eigenvalue weighted by Gasteiger charge is -2.31. The molecule has 0 spiro atoms. The first kappa shape index (κ1) is 15.3. The quantitative estimate of drug-likeness (QED) is 0.795. The Morgan fingerprint density at radius 2 is 2.00 bits per heavy atom. The van der Waals surface area contributed by atoms with Gasteiger partial charge in [-0.25, -0.2) is 12.8 Å². The summed E-state index contributed by atoms with van der Waals surface area (Å²) in [5.41, 5.74) is 0.621. The number of benzene rings is 1. The van der Waals surface area contributed by atoms with Gasteiger partial charge in [0.25, 0.3) is 0 Å². The Kier molecular flexibility index (Phi) is 4.26. The summed E-state index contributed by atoms with van der Waals surface area (Å²) in [6.45, 7) is 0.502. The van der Waals surface area contributed by atoms with Crippen LogP contribution in [-0.4, -0.2) is 25.3 Å². The van der Waals surface area contributed by atoms with Crippen LogP contribution in [0.25, 0.3) is 0 Å². The van der Waals surface area contributed by atoms with Crippen molar-refractivity contribution in [2.24, 2.45) is 5.92 Å². The molecule has 1 heterocycles. The summed E-state index contributed by atoms with van der Waals surface area (Å²) in [7, 11) is -3.77. The minimum Gasteiger partial charge on any atom is -0.207 e. The summed E-state index contributed by atoms with van der Waals surface area (Å²) in [6.07, 6.45) is 5.09. The summed E-state index contributed by atoms with van der Waals surface area (Å²) in [6, 6.07) is 4.13. The smallest absolute Gasteiger partial charge is 0.207 e. The molecule has 1 aromatic rings. The van der Waals surface area contributed by atoms with Crippen LogP contribution in [0.3, 0.4) is 0 Å². The van der Waals surface area contributed by atoms with Crippen molar-refractivity contribution in [1.29, 1.82) is 0 Å². The zero-order valence-corrected chi connectivity index (χ0v) is 13.3. The van der Waals surface area contributed by atoms with Crippen molar-refractivity contribution in [2.45, 2.75) is 48.9 Å². The van der Waals surface area contributed by atoms with Crippen LogP contribution in [0.2, 0.25) is 0 Å². The summed E-state index contributed by atoms with van der Waals surface area (Å²) >= 11 is 5.74. The highest BCUT2D eigenvalue weighted by atomic mass is 35.5. The van der Waals surface area contributed by atoms with Crippen LogP contribution in [0.4, 0.5) is 4.39 Å². The van der Waals surface area contributed by atoms with Crippen LogP contribution >= 0.6 is 11.6 Å². The number of hydrogen-bond acceptors (Lipinski definition) is 2. The lowest BCUT2D eigenvalue weighted by molar-refractivity contribution is 0.260. The summed E-state index contributed by atoms with van der Waals surface area (Å²) in [5, 5.41) is 0. The number of rotatable bonds is 3. The number of nitrogens with zero attached hydrogens (tertiary/aromatic N) is 1. The van der Waals surface area contributed by atoms with E-state index in [1.54, 1.807) is 0 Å². The van der Waals surface area contributed by atoms with Crippen molar-refractivity contribution in [3.63, 3.8) is 0 Å². The van der Waals surface area contributed by atoms with Crippen molar-refractivity contribution >= 4 is 21.6 Å². The summed E-state index contributed by atoms with van der Waals surface area (Å²) in [4.78, 5) is -0.230. The maximum Gasteiger partial charge on any atom is 0.246 e. The second-order valence-electron chi connectivity index (χ2n) is 5.91. The molecule has 2 aliphatic rings. The monoisotopic (exact) mass is 331 g/mol. The Labute approximate surface area is 130 Å². The Balaban J connectivity index is 1.97. The molecule has 21 heavy (non-hydrogen) atoms. The molecular formula is C15H19ClFNO2S. The molecule has 116 valence electrons.